The van der Waals surface area contributed by atoms with E-state index in [1.807, 2.05) is 62.4 Å². The summed E-state index contributed by atoms with van der Waals surface area (Å²) in [5.41, 5.74) is 2.31. The van der Waals surface area contributed by atoms with Crippen molar-refractivity contribution in [3.63, 3.8) is 0 Å². The maximum absolute atomic E-state index is 11.9. The van der Waals surface area contributed by atoms with Crippen molar-refractivity contribution in [3.8, 4) is 11.5 Å². The van der Waals surface area contributed by atoms with Crippen molar-refractivity contribution >= 4 is 22.4 Å². The number of rotatable bonds is 7. The predicted octanol–water partition coefficient (Wildman–Crippen LogP) is 3.75. The molecule has 0 spiro atoms. The van der Waals surface area contributed by atoms with Crippen LogP contribution in [0.4, 0.5) is 5.13 Å². The lowest BCUT2D eigenvalue weighted by Gasteiger charge is -2.05. The third kappa shape index (κ3) is 5.29. The van der Waals surface area contributed by atoms with E-state index in [1.165, 1.54) is 16.9 Å². The summed E-state index contributed by atoms with van der Waals surface area (Å²) >= 11 is 1.27. The van der Waals surface area contributed by atoms with Gasteiger partial charge in [-0.1, -0.05) is 46.7 Å². The van der Waals surface area contributed by atoms with Gasteiger partial charge in [-0.3, -0.25) is 10.1 Å². The summed E-state index contributed by atoms with van der Waals surface area (Å²) in [5.74, 6) is 1.13. The van der Waals surface area contributed by atoms with E-state index >= 15 is 0 Å². The minimum absolute atomic E-state index is 0.0855. The number of carbonyl (C=O) groups is 1. The minimum Gasteiger partial charge on any atom is -0.486 e. The van der Waals surface area contributed by atoms with E-state index in [0.717, 1.165) is 11.3 Å². The molecule has 0 bridgehead atoms. The van der Waals surface area contributed by atoms with Crippen molar-refractivity contribution in [2.75, 3.05) is 11.9 Å². The van der Waals surface area contributed by atoms with Gasteiger partial charge in [-0.15, -0.1) is 10.2 Å². The van der Waals surface area contributed by atoms with Gasteiger partial charge in [-0.05, 0) is 38.1 Å². The van der Waals surface area contributed by atoms with Gasteiger partial charge in [0.1, 0.15) is 18.1 Å². The molecule has 26 heavy (non-hydrogen) atoms. The lowest BCUT2D eigenvalue weighted by Crippen LogP contribution is -2.20. The Kier molecular flexibility index (Phi) is 5.80. The first-order chi connectivity index (χ1) is 12.6. The normalized spacial score (nSPS) is 10.4. The third-order valence-electron chi connectivity index (χ3n) is 3.49. The molecule has 1 heterocycles. The van der Waals surface area contributed by atoms with E-state index in [-0.39, 0.29) is 12.5 Å². The molecule has 0 aliphatic carbocycles. The highest BCUT2D eigenvalue weighted by molar-refractivity contribution is 7.15. The zero-order chi connectivity index (χ0) is 18.4. The van der Waals surface area contributed by atoms with E-state index in [0.29, 0.717) is 22.5 Å². The largest absolute Gasteiger partial charge is 0.486 e. The minimum atomic E-state index is -0.285. The second-order valence-corrected chi connectivity index (χ2v) is 6.81. The van der Waals surface area contributed by atoms with Crippen molar-refractivity contribution in [1.29, 1.82) is 0 Å². The number of aryl methyl sites for hydroxylation is 2. The molecule has 134 valence electrons. The number of nitrogens with one attached hydrogen (secondary N) is 1. The number of hydrogen-bond donors (Lipinski definition) is 1. The highest BCUT2D eigenvalue weighted by atomic mass is 32.1. The number of aromatic nitrogens is 2. The monoisotopic (exact) mass is 369 g/mol. The fourth-order valence-corrected chi connectivity index (χ4v) is 2.75. The van der Waals surface area contributed by atoms with Crippen LogP contribution in [-0.4, -0.2) is 22.7 Å². The van der Waals surface area contributed by atoms with Crippen LogP contribution in [0.25, 0.3) is 0 Å². The molecule has 0 unspecified atom stereocenters. The van der Waals surface area contributed by atoms with Crippen LogP contribution in [0.2, 0.25) is 0 Å². The van der Waals surface area contributed by atoms with Gasteiger partial charge in [0.05, 0.1) is 0 Å². The average molecular weight is 369 g/mol. The van der Waals surface area contributed by atoms with Gasteiger partial charge in [0.15, 0.2) is 11.6 Å². The molecule has 0 aliphatic heterocycles. The molecule has 1 aromatic heterocycles. The molecule has 7 heteroatoms. The Morgan fingerprint density at radius 1 is 0.923 bits per heavy atom. The molecule has 1 N–H and O–H groups in total. The second-order valence-electron chi connectivity index (χ2n) is 5.75. The van der Waals surface area contributed by atoms with Crippen molar-refractivity contribution in [2.24, 2.45) is 0 Å². The van der Waals surface area contributed by atoms with Crippen LogP contribution < -0.4 is 14.8 Å². The molecule has 0 atom stereocenters. The number of benzene rings is 2. The Hall–Kier alpha value is -2.93. The lowest BCUT2D eigenvalue weighted by atomic mass is 10.2. The molecular formula is C19H19N3O3S. The van der Waals surface area contributed by atoms with E-state index in [9.17, 15) is 4.79 Å². The van der Waals surface area contributed by atoms with E-state index in [2.05, 4.69) is 15.5 Å². The molecule has 0 fully saturated rings. The number of hydrogen-bond acceptors (Lipinski definition) is 6. The molecule has 3 rings (SSSR count). The third-order valence-corrected chi connectivity index (χ3v) is 4.30. The molecule has 2 aromatic carbocycles. The Balaban J connectivity index is 1.45. The van der Waals surface area contributed by atoms with E-state index < -0.39 is 0 Å². The summed E-state index contributed by atoms with van der Waals surface area (Å²) in [5, 5.41) is 11.7. The number of ether oxygens (including phenoxy) is 2. The first kappa shape index (κ1) is 17.9. The molecule has 3 aromatic rings. The van der Waals surface area contributed by atoms with Crippen LogP contribution in [0.15, 0.2) is 48.5 Å². The topological polar surface area (TPSA) is 73.3 Å². The molecule has 6 nitrogen and oxygen atoms in total. The Labute approximate surface area is 155 Å². The van der Waals surface area contributed by atoms with Crippen LogP contribution in [0.3, 0.4) is 0 Å². The van der Waals surface area contributed by atoms with Gasteiger partial charge in [0, 0.05) is 0 Å². The Morgan fingerprint density at radius 2 is 1.50 bits per heavy atom. The van der Waals surface area contributed by atoms with Gasteiger partial charge in [-0.25, -0.2) is 0 Å². The van der Waals surface area contributed by atoms with Crippen LogP contribution in [0.5, 0.6) is 11.5 Å². The van der Waals surface area contributed by atoms with Crippen LogP contribution >= 0.6 is 11.3 Å². The number of nitrogens with zero attached hydrogens (tertiary/aromatic N) is 2. The maximum Gasteiger partial charge on any atom is 0.264 e. The fourth-order valence-electron chi connectivity index (χ4n) is 2.08. The summed E-state index contributed by atoms with van der Waals surface area (Å²) < 4.78 is 11.1. The van der Waals surface area contributed by atoms with Gasteiger partial charge < -0.3 is 9.47 Å². The van der Waals surface area contributed by atoms with Crippen molar-refractivity contribution in [1.82, 2.24) is 10.2 Å². The number of amides is 1. The van der Waals surface area contributed by atoms with Crippen molar-refractivity contribution in [2.45, 2.75) is 20.5 Å². The summed E-state index contributed by atoms with van der Waals surface area (Å²) in [6.07, 6.45) is 0. The highest BCUT2D eigenvalue weighted by Crippen LogP contribution is 2.19. The van der Waals surface area contributed by atoms with Crippen LogP contribution in [0.1, 0.15) is 16.1 Å². The summed E-state index contributed by atoms with van der Waals surface area (Å²) in [7, 11) is 0. The van der Waals surface area contributed by atoms with Gasteiger partial charge in [-0.2, -0.15) is 0 Å². The zero-order valence-corrected chi connectivity index (χ0v) is 15.4. The Bertz CT molecular complexity index is 860. The summed E-state index contributed by atoms with van der Waals surface area (Å²) in [4.78, 5) is 11.9. The average Bonchev–Trinajstić information content (AvgIpc) is 3.08. The van der Waals surface area contributed by atoms with Crippen molar-refractivity contribution in [3.05, 3.63) is 64.7 Å². The number of carbonyl (C=O) groups excluding carboxylic acids is 1. The standard InChI is InChI=1S/C19H19N3O3S/c1-13-3-7-15(8-4-13)24-11-17(23)20-19-22-21-18(26-19)12-25-16-9-5-14(2)6-10-16/h3-10H,11-12H2,1-2H3,(H,20,22,23). The Morgan fingerprint density at radius 3 is 2.12 bits per heavy atom. The first-order valence-electron chi connectivity index (χ1n) is 8.10. The molecule has 0 radical (unpaired) electrons. The highest BCUT2D eigenvalue weighted by Gasteiger charge is 2.09. The van der Waals surface area contributed by atoms with Crippen LogP contribution in [0, 0.1) is 13.8 Å². The quantitative estimate of drug-likeness (QED) is 0.687. The second kappa shape index (κ2) is 8.44. The van der Waals surface area contributed by atoms with Gasteiger partial charge in [0.2, 0.25) is 5.13 Å². The fraction of sp³-hybridized carbons (Fsp3) is 0.211. The van der Waals surface area contributed by atoms with E-state index in [1.54, 1.807) is 0 Å². The molecule has 0 saturated heterocycles. The smallest absolute Gasteiger partial charge is 0.264 e. The van der Waals surface area contributed by atoms with Gasteiger partial charge in [0.25, 0.3) is 5.91 Å². The van der Waals surface area contributed by atoms with Crippen LogP contribution in [-0.2, 0) is 11.4 Å². The molecule has 1 amide bonds. The zero-order valence-electron chi connectivity index (χ0n) is 14.6. The SMILES string of the molecule is Cc1ccc(OCC(=O)Nc2nnc(COc3ccc(C)cc3)s2)cc1. The van der Waals surface area contributed by atoms with Gasteiger partial charge >= 0.3 is 0 Å². The maximum atomic E-state index is 11.9. The predicted molar refractivity (Wildman–Crippen MR) is 101 cm³/mol. The molecular weight excluding hydrogens is 350 g/mol. The van der Waals surface area contributed by atoms with E-state index in [4.69, 9.17) is 9.47 Å². The molecule has 0 aliphatic rings. The summed E-state index contributed by atoms with van der Waals surface area (Å²) in [6.45, 7) is 4.23. The lowest BCUT2D eigenvalue weighted by molar-refractivity contribution is -0.118. The molecule has 0 saturated carbocycles. The van der Waals surface area contributed by atoms with Crippen molar-refractivity contribution < 1.29 is 14.3 Å². The summed E-state index contributed by atoms with van der Waals surface area (Å²) in [6, 6.07) is 15.3. The first-order valence-corrected chi connectivity index (χ1v) is 8.91. The number of anilines is 1.